The van der Waals surface area contributed by atoms with E-state index < -0.39 is 0 Å². The molecule has 2 heterocycles. The number of benzene rings is 1. The summed E-state index contributed by atoms with van der Waals surface area (Å²) in [5, 5.41) is 3.51. The van der Waals surface area contributed by atoms with E-state index in [9.17, 15) is 9.59 Å². The minimum atomic E-state index is -0.0993. The summed E-state index contributed by atoms with van der Waals surface area (Å²) in [7, 11) is 0. The molecule has 1 fully saturated rings. The van der Waals surface area contributed by atoms with Crippen molar-refractivity contribution in [2.75, 3.05) is 25.0 Å². The fourth-order valence-electron chi connectivity index (χ4n) is 3.17. The number of nitrogens with one attached hydrogen (secondary N) is 1. The van der Waals surface area contributed by atoms with Crippen molar-refractivity contribution in [1.82, 2.24) is 9.88 Å². The summed E-state index contributed by atoms with van der Waals surface area (Å²) in [5.41, 5.74) is 0. The molecule has 2 aromatic rings. The first-order chi connectivity index (χ1) is 14.0. The Morgan fingerprint density at radius 1 is 1.17 bits per heavy atom. The zero-order valence-corrected chi connectivity index (χ0v) is 18.3. The lowest BCUT2D eigenvalue weighted by Gasteiger charge is -2.31. The van der Waals surface area contributed by atoms with E-state index in [4.69, 9.17) is 16.3 Å². The average Bonchev–Trinajstić information content (AvgIpc) is 2.74. The van der Waals surface area contributed by atoms with Crippen LogP contribution in [0.3, 0.4) is 0 Å². The van der Waals surface area contributed by atoms with Crippen LogP contribution < -0.4 is 10.1 Å². The second kappa shape index (κ2) is 10.6. The number of nitrogens with zero attached hydrogens (tertiary/aromatic N) is 2. The first kappa shape index (κ1) is 21.6. The van der Waals surface area contributed by atoms with Crippen LogP contribution >= 0.6 is 27.5 Å². The fraction of sp³-hybridized carbons (Fsp3) is 0.381. The summed E-state index contributed by atoms with van der Waals surface area (Å²) in [6.45, 7) is 1.68. The lowest BCUT2D eigenvalue weighted by atomic mass is 9.95. The van der Waals surface area contributed by atoms with Gasteiger partial charge in [0.25, 0.3) is 0 Å². The molecule has 2 amide bonds. The van der Waals surface area contributed by atoms with Crippen molar-refractivity contribution in [3.8, 4) is 5.75 Å². The van der Waals surface area contributed by atoms with E-state index in [-0.39, 0.29) is 17.7 Å². The lowest BCUT2D eigenvalue weighted by Crippen LogP contribution is -2.41. The van der Waals surface area contributed by atoms with Gasteiger partial charge in [0, 0.05) is 41.1 Å². The van der Waals surface area contributed by atoms with Crippen molar-refractivity contribution >= 4 is 45.2 Å². The summed E-state index contributed by atoms with van der Waals surface area (Å²) in [6, 6.07) is 10.8. The van der Waals surface area contributed by atoms with Gasteiger partial charge in [0.05, 0.1) is 6.61 Å². The number of ether oxygens (including phenoxy) is 1. The normalized spacial score (nSPS) is 14.5. The second-order valence-corrected chi connectivity index (χ2v) is 8.26. The van der Waals surface area contributed by atoms with Crippen LogP contribution in [0.2, 0.25) is 5.02 Å². The van der Waals surface area contributed by atoms with Crippen LogP contribution in [0, 0.1) is 5.92 Å². The van der Waals surface area contributed by atoms with Gasteiger partial charge in [0.2, 0.25) is 11.8 Å². The molecule has 6 nitrogen and oxygen atoms in total. The maximum Gasteiger partial charge on any atom is 0.228 e. The molecule has 1 saturated heterocycles. The number of piperidine rings is 1. The number of anilines is 1. The van der Waals surface area contributed by atoms with Gasteiger partial charge in [-0.3, -0.25) is 9.59 Å². The standard InChI is InChI=1S/C21H23BrClN3O3/c22-16-3-8-19(24-14-16)25-21(28)15-9-11-26(12-10-15)20(27)2-1-13-29-18-6-4-17(23)5-7-18/h3-8,14-15H,1-2,9-13H2,(H,24,25,28). The van der Waals surface area contributed by atoms with E-state index in [2.05, 4.69) is 26.2 Å². The van der Waals surface area contributed by atoms with Crippen LogP contribution in [0.4, 0.5) is 5.82 Å². The molecule has 1 aromatic carbocycles. The van der Waals surface area contributed by atoms with Gasteiger partial charge in [-0.05, 0) is 71.6 Å². The van der Waals surface area contributed by atoms with E-state index >= 15 is 0 Å². The zero-order chi connectivity index (χ0) is 20.6. The zero-order valence-electron chi connectivity index (χ0n) is 15.9. The molecular weight excluding hydrogens is 458 g/mol. The molecule has 29 heavy (non-hydrogen) atoms. The van der Waals surface area contributed by atoms with Crippen LogP contribution in [0.1, 0.15) is 25.7 Å². The predicted octanol–water partition coefficient (Wildman–Crippen LogP) is 4.53. The van der Waals surface area contributed by atoms with Crippen molar-refractivity contribution in [2.45, 2.75) is 25.7 Å². The van der Waals surface area contributed by atoms with Crippen LogP contribution in [0.15, 0.2) is 47.1 Å². The average molecular weight is 481 g/mol. The van der Waals surface area contributed by atoms with Crippen LogP contribution in [0.25, 0.3) is 0 Å². The van der Waals surface area contributed by atoms with Crippen LogP contribution in [-0.2, 0) is 9.59 Å². The SMILES string of the molecule is O=C(Nc1ccc(Br)cn1)C1CCN(C(=O)CCCOc2ccc(Cl)cc2)CC1. The minimum absolute atomic E-state index is 0.0386. The van der Waals surface area contributed by atoms with Crippen LogP contribution in [0.5, 0.6) is 5.75 Å². The van der Waals surface area contributed by atoms with Crippen molar-refractivity contribution in [2.24, 2.45) is 5.92 Å². The third kappa shape index (κ3) is 6.72. The molecule has 3 rings (SSSR count). The van der Waals surface area contributed by atoms with Crippen molar-refractivity contribution in [3.05, 3.63) is 52.1 Å². The fourth-order valence-corrected chi connectivity index (χ4v) is 3.53. The topological polar surface area (TPSA) is 71.5 Å². The predicted molar refractivity (Wildman–Crippen MR) is 116 cm³/mol. The number of hydrogen-bond donors (Lipinski definition) is 1. The Bertz CT molecular complexity index is 822. The highest BCUT2D eigenvalue weighted by Gasteiger charge is 2.27. The summed E-state index contributed by atoms with van der Waals surface area (Å²) in [5.74, 6) is 1.26. The quantitative estimate of drug-likeness (QED) is 0.591. The maximum absolute atomic E-state index is 12.4. The lowest BCUT2D eigenvalue weighted by molar-refractivity contribution is -0.134. The first-order valence-corrected chi connectivity index (χ1v) is 10.8. The number of pyridine rings is 1. The van der Waals surface area contributed by atoms with Crippen molar-refractivity contribution in [3.63, 3.8) is 0 Å². The number of halogens is 2. The Hall–Kier alpha value is -2.12. The molecule has 0 atom stereocenters. The number of aromatic nitrogens is 1. The van der Waals surface area contributed by atoms with Gasteiger partial charge in [-0.25, -0.2) is 4.98 Å². The van der Waals surface area contributed by atoms with Gasteiger partial charge < -0.3 is 15.0 Å². The van der Waals surface area contributed by atoms with E-state index in [1.54, 1.807) is 24.4 Å². The molecule has 0 bridgehead atoms. The molecule has 1 N–H and O–H groups in total. The number of carbonyl (C=O) groups is 2. The Morgan fingerprint density at radius 3 is 2.55 bits per heavy atom. The number of hydrogen-bond acceptors (Lipinski definition) is 4. The van der Waals surface area contributed by atoms with Gasteiger partial charge in [-0.2, -0.15) is 0 Å². The Morgan fingerprint density at radius 2 is 1.90 bits per heavy atom. The van der Waals surface area contributed by atoms with Crippen molar-refractivity contribution < 1.29 is 14.3 Å². The summed E-state index contributed by atoms with van der Waals surface area (Å²) < 4.78 is 6.48. The minimum Gasteiger partial charge on any atom is -0.494 e. The van der Waals surface area contributed by atoms with Gasteiger partial charge in [-0.1, -0.05) is 11.6 Å². The molecule has 0 saturated carbocycles. The van der Waals surface area contributed by atoms with Gasteiger partial charge in [0.1, 0.15) is 11.6 Å². The van der Waals surface area contributed by atoms with E-state index in [0.29, 0.717) is 56.2 Å². The highest BCUT2D eigenvalue weighted by Crippen LogP contribution is 2.21. The smallest absolute Gasteiger partial charge is 0.228 e. The number of likely N-dealkylation sites (tertiary alicyclic amines) is 1. The summed E-state index contributed by atoms with van der Waals surface area (Å²) >= 11 is 9.16. The van der Waals surface area contributed by atoms with Gasteiger partial charge >= 0.3 is 0 Å². The number of amides is 2. The van der Waals surface area contributed by atoms with Crippen LogP contribution in [-0.4, -0.2) is 41.4 Å². The van der Waals surface area contributed by atoms with Crippen molar-refractivity contribution in [1.29, 1.82) is 0 Å². The Labute approximate surface area is 183 Å². The molecule has 8 heteroatoms. The number of rotatable bonds is 7. The second-order valence-electron chi connectivity index (χ2n) is 6.91. The van der Waals surface area contributed by atoms with Gasteiger partial charge in [0.15, 0.2) is 0 Å². The molecule has 0 radical (unpaired) electrons. The Balaban J connectivity index is 1.34. The highest BCUT2D eigenvalue weighted by molar-refractivity contribution is 9.10. The summed E-state index contributed by atoms with van der Waals surface area (Å²) in [6.07, 6.45) is 4.06. The van der Waals surface area contributed by atoms with E-state index in [1.165, 1.54) is 0 Å². The van der Waals surface area contributed by atoms with Gasteiger partial charge in [-0.15, -0.1) is 0 Å². The maximum atomic E-state index is 12.4. The number of carbonyl (C=O) groups excluding carboxylic acids is 2. The molecule has 0 aliphatic carbocycles. The molecule has 1 aromatic heterocycles. The van der Waals surface area contributed by atoms with E-state index in [0.717, 1.165) is 10.2 Å². The first-order valence-electron chi connectivity index (χ1n) is 9.60. The molecule has 0 unspecified atom stereocenters. The summed E-state index contributed by atoms with van der Waals surface area (Å²) in [4.78, 5) is 30.8. The van der Waals surface area contributed by atoms with E-state index in [1.807, 2.05) is 23.1 Å². The Kier molecular flexibility index (Phi) is 7.89. The third-order valence-electron chi connectivity index (χ3n) is 4.81. The molecule has 1 aliphatic rings. The molecular formula is C21H23BrClN3O3. The molecule has 0 spiro atoms. The molecule has 1 aliphatic heterocycles. The monoisotopic (exact) mass is 479 g/mol. The highest BCUT2D eigenvalue weighted by atomic mass is 79.9. The largest absolute Gasteiger partial charge is 0.494 e. The third-order valence-corrected chi connectivity index (χ3v) is 5.54. The molecule has 154 valence electrons.